The molecule has 0 saturated carbocycles. The van der Waals surface area contributed by atoms with E-state index >= 15 is 0 Å². The van der Waals surface area contributed by atoms with Crippen LogP contribution in [0.15, 0.2) is 24.3 Å². The number of benzene rings is 1. The summed E-state index contributed by atoms with van der Waals surface area (Å²) in [6.45, 7) is 5.57. The number of nitrogens with one attached hydrogen (secondary N) is 1. The second kappa shape index (κ2) is 8.53. The molecule has 10 nitrogen and oxygen atoms in total. The number of rotatable bonds is 7. The molecule has 3 unspecified atom stereocenters. The third-order valence-corrected chi connectivity index (χ3v) is 9.63. The summed E-state index contributed by atoms with van der Waals surface area (Å²) in [5, 5.41) is 21.0. The minimum atomic E-state index is -0.814. The summed E-state index contributed by atoms with van der Waals surface area (Å²) in [5.41, 5.74) is 1.51. The Morgan fingerprint density at radius 3 is 2.88 bits per heavy atom. The van der Waals surface area contributed by atoms with Crippen molar-refractivity contribution in [3.8, 4) is 0 Å². The van der Waals surface area contributed by atoms with Gasteiger partial charge in [0.15, 0.2) is 0 Å². The van der Waals surface area contributed by atoms with Gasteiger partial charge in [-0.05, 0) is 38.3 Å². The molecule has 3 aliphatic rings. The van der Waals surface area contributed by atoms with E-state index in [0.29, 0.717) is 0 Å². The molecule has 2 bridgehead atoms. The van der Waals surface area contributed by atoms with Crippen molar-refractivity contribution in [2.45, 2.75) is 55.9 Å². The molecule has 7 atom stereocenters. The minimum Gasteiger partial charge on any atom is -0.466 e. The topological polar surface area (TPSA) is 127 Å². The van der Waals surface area contributed by atoms with Gasteiger partial charge in [-0.2, -0.15) is 0 Å². The monoisotopic (exact) mass is 487 g/mol. The molecule has 34 heavy (non-hydrogen) atoms. The molecule has 4 heterocycles. The third kappa shape index (κ3) is 3.16. The van der Waals surface area contributed by atoms with Crippen LogP contribution in [-0.2, 0) is 25.8 Å². The lowest BCUT2D eigenvalue weighted by atomic mass is 9.66. The van der Waals surface area contributed by atoms with E-state index in [1.165, 1.54) is 4.90 Å². The molecule has 182 valence electrons. The predicted molar refractivity (Wildman–Crippen MR) is 124 cm³/mol. The molecule has 2 N–H and O–H groups in total. The Labute approximate surface area is 201 Å². The SMILES string of the molecule is CCOC(=O)[C@@H]1[C@@H]2CC(C)C3(S2)C(C(=O)NCn2nnc4ccccc42)N([C@H](C)CO)C(=O)[C@H]13. The van der Waals surface area contributed by atoms with Gasteiger partial charge in [0.25, 0.3) is 0 Å². The zero-order valence-corrected chi connectivity index (χ0v) is 20.2. The third-order valence-electron chi connectivity index (χ3n) is 7.55. The molecule has 1 aromatic heterocycles. The Hall–Kier alpha value is -2.66. The van der Waals surface area contributed by atoms with E-state index in [2.05, 4.69) is 15.6 Å². The van der Waals surface area contributed by atoms with Gasteiger partial charge in [0, 0.05) is 5.25 Å². The van der Waals surface area contributed by atoms with E-state index < -0.39 is 28.7 Å². The van der Waals surface area contributed by atoms with E-state index in [1.54, 1.807) is 30.3 Å². The normalized spacial score (nSPS) is 32.8. The molecular weight excluding hydrogens is 458 g/mol. The van der Waals surface area contributed by atoms with E-state index in [9.17, 15) is 19.5 Å². The highest BCUT2D eigenvalue weighted by atomic mass is 32.2. The van der Waals surface area contributed by atoms with Crippen molar-refractivity contribution in [3.63, 3.8) is 0 Å². The number of aliphatic hydroxyl groups is 1. The minimum absolute atomic E-state index is 0.0426. The van der Waals surface area contributed by atoms with E-state index in [0.717, 1.165) is 17.5 Å². The van der Waals surface area contributed by atoms with Crippen molar-refractivity contribution in [2.24, 2.45) is 17.8 Å². The van der Waals surface area contributed by atoms with Gasteiger partial charge >= 0.3 is 5.97 Å². The van der Waals surface area contributed by atoms with Crippen LogP contribution in [0.2, 0.25) is 0 Å². The second-order valence-corrected chi connectivity index (χ2v) is 10.9. The first kappa shape index (κ1) is 23.1. The molecule has 5 rings (SSSR count). The van der Waals surface area contributed by atoms with Crippen molar-refractivity contribution in [1.82, 2.24) is 25.2 Å². The van der Waals surface area contributed by atoms with Crippen LogP contribution in [-0.4, -0.2) is 78.1 Å². The zero-order valence-electron chi connectivity index (χ0n) is 19.4. The summed E-state index contributed by atoms with van der Waals surface area (Å²) < 4.78 is 6.18. The lowest BCUT2D eigenvalue weighted by Crippen LogP contribution is -2.58. The predicted octanol–water partition coefficient (Wildman–Crippen LogP) is 0.786. The fourth-order valence-corrected chi connectivity index (χ4v) is 8.51. The number of aromatic nitrogens is 3. The summed E-state index contributed by atoms with van der Waals surface area (Å²) in [4.78, 5) is 41.9. The highest BCUT2D eigenvalue weighted by Gasteiger charge is 2.76. The molecule has 11 heteroatoms. The highest BCUT2D eigenvalue weighted by Crippen LogP contribution is 2.68. The summed E-state index contributed by atoms with van der Waals surface area (Å²) in [7, 11) is 0. The Kier molecular flexibility index (Phi) is 5.79. The fraction of sp³-hybridized carbons (Fsp3) is 0.609. The van der Waals surface area contributed by atoms with Gasteiger partial charge in [-0.15, -0.1) is 16.9 Å². The van der Waals surface area contributed by atoms with Crippen LogP contribution in [0.5, 0.6) is 0 Å². The highest BCUT2D eigenvalue weighted by molar-refractivity contribution is 8.02. The number of amides is 2. The van der Waals surface area contributed by atoms with Crippen molar-refractivity contribution >= 4 is 40.6 Å². The molecule has 1 spiro atoms. The first-order valence-electron chi connectivity index (χ1n) is 11.7. The molecule has 0 radical (unpaired) electrons. The quantitative estimate of drug-likeness (QED) is 0.549. The molecular formula is C23H29N5O5S. The molecule has 1 aromatic carbocycles. The van der Waals surface area contributed by atoms with Crippen LogP contribution < -0.4 is 5.32 Å². The Balaban J connectivity index is 1.48. The maximum atomic E-state index is 13.7. The van der Waals surface area contributed by atoms with Crippen LogP contribution in [0.25, 0.3) is 11.0 Å². The van der Waals surface area contributed by atoms with Crippen molar-refractivity contribution in [3.05, 3.63) is 24.3 Å². The number of ether oxygens (including phenoxy) is 1. The average molecular weight is 488 g/mol. The molecule has 0 aliphatic carbocycles. The first-order chi connectivity index (χ1) is 16.3. The van der Waals surface area contributed by atoms with Crippen LogP contribution >= 0.6 is 11.8 Å². The Morgan fingerprint density at radius 2 is 2.15 bits per heavy atom. The van der Waals surface area contributed by atoms with Gasteiger partial charge in [0.05, 0.1) is 41.4 Å². The van der Waals surface area contributed by atoms with Crippen molar-refractivity contribution in [2.75, 3.05) is 13.2 Å². The smallest absolute Gasteiger partial charge is 0.310 e. The summed E-state index contributed by atoms with van der Waals surface area (Å²) in [5.74, 6) is -2.14. The van der Waals surface area contributed by atoms with Gasteiger partial charge in [-0.1, -0.05) is 24.3 Å². The lowest BCUT2D eigenvalue weighted by Gasteiger charge is -2.39. The van der Waals surface area contributed by atoms with Gasteiger partial charge < -0.3 is 20.1 Å². The summed E-state index contributed by atoms with van der Waals surface area (Å²) >= 11 is 1.58. The van der Waals surface area contributed by atoms with Gasteiger partial charge in [0.2, 0.25) is 11.8 Å². The van der Waals surface area contributed by atoms with Crippen LogP contribution in [0.3, 0.4) is 0 Å². The number of likely N-dealkylation sites (tertiary alicyclic amines) is 1. The Morgan fingerprint density at radius 1 is 1.38 bits per heavy atom. The molecule has 2 amide bonds. The van der Waals surface area contributed by atoms with Crippen molar-refractivity contribution in [1.29, 1.82) is 0 Å². The summed E-state index contributed by atoms with van der Waals surface area (Å²) in [6, 6.07) is 6.08. The zero-order chi connectivity index (χ0) is 24.2. The lowest BCUT2D eigenvalue weighted by molar-refractivity contribution is -0.154. The number of nitrogens with zero attached hydrogens (tertiary/aromatic N) is 4. The number of fused-ring (bicyclic) bond motifs is 2. The number of hydrogen-bond acceptors (Lipinski definition) is 8. The molecule has 2 aromatic rings. The maximum absolute atomic E-state index is 13.7. The molecule has 3 aliphatic heterocycles. The first-order valence-corrected chi connectivity index (χ1v) is 12.6. The van der Waals surface area contributed by atoms with Gasteiger partial charge in [-0.25, -0.2) is 4.68 Å². The van der Waals surface area contributed by atoms with E-state index in [-0.39, 0.29) is 48.8 Å². The van der Waals surface area contributed by atoms with Gasteiger partial charge in [-0.3, -0.25) is 14.4 Å². The number of hydrogen-bond donors (Lipinski definition) is 2. The summed E-state index contributed by atoms with van der Waals surface area (Å²) in [6.07, 6.45) is 0.733. The number of esters is 1. The largest absolute Gasteiger partial charge is 0.466 e. The van der Waals surface area contributed by atoms with E-state index in [1.807, 2.05) is 31.2 Å². The van der Waals surface area contributed by atoms with Crippen LogP contribution in [0, 0.1) is 17.8 Å². The van der Waals surface area contributed by atoms with Crippen molar-refractivity contribution < 1.29 is 24.2 Å². The Bertz CT molecular complexity index is 1140. The molecule has 3 saturated heterocycles. The number of thioether (sulfide) groups is 1. The van der Waals surface area contributed by atoms with E-state index in [4.69, 9.17) is 4.74 Å². The van der Waals surface area contributed by atoms with Crippen LogP contribution in [0.1, 0.15) is 27.2 Å². The van der Waals surface area contributed by atoms with Crippen LogP contribution in [0.4, 0.5) is 0 Å². The van der Waals surface area contributed by atoms with Gasteiger partial charge in [0.1, 0.15) is 18.2 Å². The number of para-hydroxylation sites is 1. The number of aliphatic hydroxyl groups excluding tert-OH is 1. The molecule has 3 fully saturated rings. The number of carbonyl (C=O) groups is 3. The maximum Gasteiger partial charge on any atom is 0.310 e. The number of carbonyl (C=O) groups excluding carboxylic acids is 3. The fourth-order valence-electron chi connectivity index (χ4n) is 6.11. The average Bonchev–Trinajstić information content (AvgIpc) is 3.54. The standard InChI is InChI=1S/C23H29N5O5S/c1-4-33-22(32)17-16-9-12(2)23(34-16)18(17)21(31)28(13(3)10-29)19(23)20(30)24-11-27-15-8-6-5-7-14(15)25-26-27/h5-8,12-13,16-19,29H,4,9-11H2,1-3H3,(H,24,30)/t12?,13-,16+,17-,18+,19?,23?/m1/s1. The second-order valence-electron chi connectivity index (χ2n) is 9.36.